The van der Waals surface area contributed by atoms with Gasteiger partial charge in [0.1, 0.15) is 0 Å². The maximum atomic E-state index is 10.2. The van der Waals surface area contributed by atoms with E-state index in [1.54, 1.807) is 0 Å². The molecule has 22 heavy (non-hydrogen) atoms. The zero-order valence-corrected chi connectivity index (χ0v) is 13.4. The summed E-state index contributed by atoms with van der Waals surface area (Å²) in [5, 5.41) is 13.5. The van der Waals surface area contributed by atoms with Crippen LogP contribution in [0, 0.1) is 13.8 Å². The van der Waals surface area contributed by atoms with E-state index in [9.17, 15) is 5.11 Å². The Balaban J connectivity index is 1.77. The molecular formula is C19H26N2O. The number of nitrogens with one attached hydrogen (secondary N) is 1. The molecule has 0 radical (unpaired) electrons. The van der Waals surface area contributed by atoms with Gasteiger partial charge in [0, 0.05) is 19.1 Å². The second-order valence-electron chi connectivity index (χ2n) is 5.97. The molecule has 3 nitrogen and oxygen atoms in total. The van der Waals surface area contributed by atoms with Crippen LogP contribution < -0.4 is 11.1 Å². The first kappa shape index (κ1) is 16.7. The monoisotopic (exact) mass is 298 g/mol. The van der Waals surface area contributed by atoms with Crippen LogP contribution in [0.2, 0.25) is 0 Å². The summed E-state index contributed by atoms with van der Waals surface area (Å²) in [5.74, 6) is 0. The topological polar surface area (TPSA) is 58.3 Å². The van der Waals surface area contributed by atoms with Crippen molar-refractivity contribution in [2.24, 2.45) is 5.73 Å². The summed E-state index contributed by atoms with van der Waals surface area (Å²) in [6.45, 7) is 5.47. The van der Waals surface area contributed by atoms with Crippen molar-refractivity contribution in [3.63, 3.8) is 0 Å². The van der Waals surface area contributed by atoms with Crippen molar-refractivity contribution >= 4 is 0 Å². The molecule has 0 aliphatic heterocycles. The van der Waals surface area contributed by atoms with Gasteiger partial charge in [-0.1, -0.05) is 48.5 Å². The van der Waals surface area contributed by atoms with Crippen molar-refractivity contribution in [1.82, 2.24) is 5.32 Å². The van der Waals surface area contributed by atoms with Gasteiger partial charge in [-0.3, -0.25) is 0 Å². The van der Waals surface area contributed by atoms with Crippen molar-refractivity contribution < 1.29 is 5.11 Å². The zero-order valence-electron chi connectivity index (χ0n) is 13.4. The summed E-state index contributed by atoms with van der Waals surface area (Å²) in [4.78, 5) is 0. The van der Waals surface area contributed by atoms with Gasteiger partial charge < -0.3 is 16.2 Å². The number of hydrogen-bond acceptors (Lipinski definition) is 3. The lowest BCUT2D eigenvalue weighted by Gasteiger charge is -2.19. The number of hydrogen-bond donors (Lipinski definition) is 3. The lowest BCUT2D eigenvalue weighted by Crippen LogP contribution is -2.42. The van der Waals surface area contributed by atoms with E-state index >= 15 is 0 Å². The Morgan fingerprint density at radius 3 is 2.41 bits per heavy atom. The lowest BCUT2D eigenvalue weighted by atomic mass is 10.0. The van der Waals surface area contributed by atoms with Gasteiger partial charge in [0.05, 0.1) is 6.10 Å². The van der Waals surface area contributed by atoms with Gasteiger partial charge in [0.2, 0.25) is 0 Å². The third kappa shape index (κ3) is 4.95. The second-order valence-corrected chi connectivity index (χ2v) is 5.97. The molecule has 0 unspecified atom stereocenters. The maximum absolute atomic E-state index is 10.2. The van der Waals surface area contributed by atoms with Gasteiger partial charge in [0.15, 0.2) is 0 Å². The lowest BCUT2D eigenvalue weighted by molar-refractivity contribution is 0.141. The van der Waals surface area contributed by atoms with E-state index in [-0.39, 0.29) is 6.04 Å². The highest BCUT2D eigenvalue weighted by atomic mass is 16.3. The Hall–Kier alpha value is -1.68. The van der Waals surface area contributed by atoms with Gasteiger partial charge in [-0.05, 0) is 42.5 Å². The zero-order chi connectivity index (χ0) is 15.9. The van der Waals surface area contributed by atoms with Gasteiger partial charge in [-0.15, -0.1) is 0 Å². The molecule has 0 saturated heterocycles. The van der Waals surface area contributed by atoms with E-state index in [4.69, 9.17) is 5.73 Å². The molecule has 2 rings (SSSR count). The highest BCUT2D eigenvalue weighted by Crippen LogP contribution is 2.09. The summed E-state index contributed by atoms with van der Waals surface area (Å²) in [6, 6.07) is 16.2. The minimum atomic E-state index is -0.549. The fourth-order valence-corrected chi connectivity index (χ4v) is 2.45. The summed E-state index contributed by atoms with van der Waals surface area (Å²) in [7, 11) is 0. The van der Waals surface area contributed by atoms with Gasteiger partial charge in [0.25, 0.3) is 0 Å². The summed E-state index contributed by atoms with van der Waals surface area (Å²) >= 11 is 0. The molecule has 4 N–H and O–H groups in total. The fraction of sp³-hybridized carbons (Fsp3) is 0.368. The van der Waals surface area contributed by atoms with E-state index in [1.165, 1.54) is 16.7 Å². The summed E-state index contributed by atoms with van der Waals surface area (Å²) < 4.78 is 0. The molecule has 0 aromatic heterocycles. The summed E-state index contributed by atoms with van der Waals surface area (Å²) in [5.41, 5.74) is 11.1. The Kier molecular flexibility index (Phi) is 6.13. The molecule has 2 aromatic carbocycles. The minimum absolute atomic E-state index is 0.255. The third-order valence-electron chi connectivity index (χ3n) is 4.06. The molecule has 0 amide bonds. The number of aliphatic hydroxyl groups is 1. The second kappa shape index (κ2) is 8.08. The molecule has 0 spiro atoms. The number of rotatable bonds is 7. The number of aryl methyl sites for hydroxylation is 2. The SMILES string of the molecule is Cc1ccc(CNC[C@@H](O)[C@@H](N)Cc2ccccc2)cc1C. The average molecular weight is 298 g/mol. The van der Waals surface area contributed by atoms with E-state index < -0.39 is 6.10 Å². The number of aliphatic hydroxyl groups excluding tert-OH is 1. The van der Waals surface area contributed by atoms with Crippen molar-refractivity contribution in [2.45, 2.75) is 39.0 Å². The summed E-state index contributed by atoms with van der Waals surface area (Å²) in [6.07, 6.45) is 0.139. The van der Waals surface area contributed by atoms with Crippen LogP contribution in [0.3, 0.4) is 0 Å². The normalized spacial score (nSPS) is 13.8. The predicted octanol–water partition coefficient (Wildman–Crippen LogP) is 2.32. The van der Waals surface area contributed by atoms with E-state index in [0.29, 0.717) is 13.0 Å². The molecule has 0 fully saturated rings. The fourth-order valence-electron chi connectivity index (χ4n) is 2.45. The molecule has 2 atom stereocenters. The number of nitrogens with two attached hydrogens (primary N) is 1. The smallest absolute Gasteiger partial charge is 0.0818 e. The number of benzene rings is 2. The van der Waals surface area contributed by atoms with Crippen LogP contribution in [0.25, 0.3) is 0 Å². The molecule has 118 valence electrons. The predicted molar refractivity (Wildman–Crippen MR) is 91.8 cm³/mol. The average Bonchev–Trinajstić information content (AvgIpc) is 2.51. The van der Waals surface area contributed by atoms with Crippen LogP contribution in [0.15, 0.2) is 48.5 Å². The van der Waals surface area contributed by atoms with E-state index in [0.717, 1.165) is 12.1 Å². The van der Waals surface area contributed by atoms with Gasteiger partial charge >= 0.3 is 0 Å². The van der Waals surface area contributed by atoms with E-state index in [1.807, 2.05) is 30.3 Å². The van der Waals surface area contributed by atoms with Crippen molar-refractivity contribution in [1.29, 1.82) is 0 Å². The van der Waals surface area contributed by atoms with Crippen LogP contribution >= 0.6 is 0 Å². The highest BCUT2D eigenvalue weighted by Gasteiger charge is 2.14. The Morgan fingerprint density at radius 1 is 1.00 bits per heavy atom. The molecule has 0 heterocycles. The maximum Gasteiger partial charge on any atom is 0.0818 e. The van der Waals surface area contributed by atoms with Crippen LogP contribution in [-0.4, -0.2) is 23.8 Å². The molecule has 2 aromatic rings. The van der Waals surface area contributed by atoms with Crippen LogP contribution in [0.4, 0.5) is 0 Å². The first-order valence-corrected chi connectivity index (χ1v) is 7.80. The van der Waals surface area contributed by atoms with Crippen molar-refractivity contribution in [2.75, 3.05) is 6.54 Å². The third-order valence-corrected chi connectivity index (χ3v) is 4.06. The van der Waals surface area contributed by atoms with Gasteiger partial charge in [-0.25, -0.2) is 0 Å². The van der Waals surface area contributed by atoms with E-state index in [2.05, 4.69) is 37.4 Å². The van der Waals surface area contributed by atoms with Crippen LogP contribution in [0.1, 0.15) is 22.3 Å². The largest absolute Gasteiger partial charge is 0.390 e. The molecule has 0 bridgehead atoms. The molecule has 0 aliphatic carbocycles. The quantitative estimate of drug-likeness (QED) is 0.735. The molecular weight excluding hydrogens is 272 g/mol. The Labute approximate surface area is 133 Å². The van der Waals surface area contributed by atoms with Crippen molar-refractivity contribution in [3.8, 4) is 0 Å². The van der Waals surface area contributed by atoms with Crippen LogP contribution in [0.5, 0.6) is 0 Å². The highest BCUT2D eigenvalue weighted by molar-refractivity contribution is 5.29. The molecule has 0 saturated carbocycles. The van der Waals surface area contributed by atoms with Crippen LogP contribution in [-0.2, 0) is 13.0 Å². The molecule has 3 heteroatoms. The first-order chi connectivity index (χ1) is 10.6. The standard InChI is InChI=1S/C19H26N2O/c1-14-8-9-17(10-15(14)2)12-21-13-19(22)18(20)11-16-6-4-3-5-7-16/h3-10,18-19,21-22H,11-13,20H2,1-2H3/t18-,19+/m0/s1. The minimum Gasteiger partial charge on any atom is -0.390 e. The van der Waals surface area contributed by atoms with Gasteiger partial charge in [-0.2, -0.15) is 0 Å². The first-order valence-electron chi connectivity index (χ1n) is 7.80. The Morgan fingerprint density at radius 2 is 1.73 bits per heavy atom. The Bertz CT molecular complexity index is 583. The van der Waals surface area contributed by atoms with Crippen molar-refractivity contribution in [3.05, 3.63) is 70.8 Å². The molecule has 0 aliphatic rings.